The maximum absolute atomic E-state index is 10.6. The predicted octanol–water partition coefficient (Wildman–Crippen LogP) is -0.0829. The molecule has 0 aliphatic rings. The van der Waals surface area contributed by atoms with E-state index in [2.05, 4.69) is 31.4 Å². The lowest BCUT2D eigenvalue weighted by Gasteiger charge is -2.23. The van der Waals surface area contributed by atoms with Gasteiger partial charge in [0.2, 0.25) is 0 Å². The minimum Gasteiger partial charge on any atom is -0.478 e. The summed E-state index contributed by atoms with van der Waals surface area (Å²) in [5.74, 6) is -2.42. The molecule has 0 fully saturated rings. The van der Waals surface area contributed by atoms with Crippen LogP contribution in [0, 0.1) is 5.41 Å². The number of carboxylic acids is 2. The molecule has 0 saturated heterocycles. The van der Waals surface area contributed by atoms with Gasteiger partial charge in [-0.3, -0.25) is 0 Å². The normalized spacial score (nSPS) is 10.2. The molecule has 0 aliphatic carbocycles. The standard InChI is InChI=1S/C7H12O3.C6H14O2.C5H12O4.C4H10O2.2C3H4O2/c1-5(2)7(9)10-4-6(3)8;1-2-3-4-5-6(7)8;6-1-5(2-7,3-8)4-9;1-2-3-4(5)6;2*1-2-3(4)5/h6,8H,1,4H2,2-3H3;6-8H,2-5H2,1H3;6-9H,1-4H2;4-6H,2-3H2,1H3;2*2H,1H2,(H,4,5). The Morgan fingerprint density at radius 3 is 1.23 bits per heavy atom. The van der Waals surface area contributed by atoms with Gasteiger partial charge in [0.15, 0.2) is 12.6 Å². The summed E-state index contributed by atoms with van der Waals surface area (Å²) in [6.07, 6.45) is 3.85. The first kappa shape index (κ1) is 52.9. The highest BCUT2D eigenvalue weighted by molar-refractivity contribution is 5.86. The highest BCUT2D eigenvalue weighted by Gasteiger charge is 2.26. The number of unbranched alkanes of at least 4 members (excludes halogenated alkanes) is 2. The molecule has 0 rings (SSSR count). The molecule has 0 aromatic carbocycles. The lowest BCUT2D eigenvalue weighted by atomic mass is 9.93. The lowest BCUT2D eigenvalue weighted by molar-refractivity contribution is -0.141. The Labute approximate surface area is 254 Å². The average molecular weight is 633 g/mol. The number of carbonyl (C=O) groups is 3. The van der Waals surface area contributed by atoms with Crippen molar-refractivity contribution in [2.75, 3.05) is 33.0 Å². The zero-order chi connectivity index (χ0) is 35.4. The van der Waals surface area contributed by atoms with Gasteiger partial charge < -0.3 is 60.9 Å². The Morgan fingerprint density at radius 2 is 1.09 bits per heavy atom. The smallest absolute Gasteiger partial charge is 0.333 e. The van der Waals surface area contributed by atoms with Crippen molar-refractivity contribution in [3.8, 4) is 0 Å². The van der Waals surface area contributed by atoms with Crippen LogP contribution in [-0.4, -0.2) is 126 Å². The zero-order valence-corrected chi connectivity index (χ0v) is 25.8. The summed E-state index contributed by atoms with van der Waals surface area (Å²) in [6.45, 7) is 14.8. The number of aliphatic carboxylic acids is 2. The number of aliphatic hydroxyl groups is 9. The van der Waals surface area contributed by atoms with Gasteiger partial charge in [-0.25, -0.2) is 14.4 Å². The van der Waals surface area contributed by atoms with Gasteiger partial charge in [-0.2, -0.15) is 0 Å². The van der Waals surface area contributed by atoms with Crippen LogP contribution in [0.5, 0.6) is 0 Å². The third-order valence-electron chi connectivity index (χ3n) is 4.11. The number of esters is 1. The molecule has 0 aliphatic heterocycles. The van der Waals surface area contributed by atoms with E-state index >= 15 is 0 Å². The number of rotatable bonds is 15. The first-order valence-electron chi connectivity index (χ1n) is 13.2. The van der Waals surface area contributed by atoms with E-state index in [0.29, 0.717) is 18.4 Å². The van der Waals surface area contributed by atoms with Crippen LogP contribution < -0.4 is 0 Å². The van der Waals surface area contributed by atoms with Crippen molar-refractivity contribution in [2.45, 2.75) is 84.9 Å². The van der Waals surface area contributed by atoms with Gasteiger partial charge in [0, 0.05) is 17.7 Å². The Kier molecular flexibility index (Phi) is 48.3. The summed E-state index contributed by atoms with van der Waals surface area (Å²) in [7, 11) is 0. The van der Waals surface area contributed by atoms with Crippen molar-refractivity contribution in [1.82, 2.24) is 0 Å². The molecule has 43 heavy (non-hydrogen) atoms. The Morgan fingerprint density at radius 1 is 0.744 bits per heavy atom. The van der Waals surface area contributed by atoms with Crippen LogP contribution >= 0.6 is 0 Å². The summed E-state index contributed by atoms with van der Waals surface area (Å²) in [6, 6.07) is 0. The SMILES string of the molecule is C=C(C)C(=O)OCC(C)O.C=CC(=O)O.C=CC(=O)O.CCCC(O)O.CCCCCC(O)O.OCC(CO)(CO)CO. The van der Waals surface area contributed by atoms with Crippen molar-refractivity contribution in [3.63, 3.8) is 0 Å². The molecule has 1 atom stereocenters. The minimum absolute atomic E-state index is 0.0334. The van der Waals surface area contributed by atoms with E-state index < -0.39 is 68.4 Å². The average Bonchev–Trinajstić information content (AvgIpc) is 2.94. The van der Waals surface area contributed by atoms with Crippen molar-refractivity contribution < 1.29 is 75.3 Å². The monoisotopic (exact) mass is 632 g/mol. The Bertz CT molecular complexity index is 638. The number of ether oxygens (including phenoxy) is 1. The van der Waals surface area contributed by atoms with Crippen LogP contribution in [0.4, 0.5) is 0 Å². The molecule has 0 bridgehead atoms. The van der Waals surface area contributed by atoms with Gasteiger partial charge >= 0.3 is 17.9 Å². The third-order valence-corrected chi connectivity index (χ3v) is 4.11. The second kappa shape index (κ2) is 39.3. The Balaban J connectivity index is -0.0000000975. The molecule has 0 amide bonds. The van der Waals surface area contributed by atoms with E-state index in [-0.39, 0.29) is 6.61 Å². The molecule has 15 nitrogen and oxygen atoms in total. The van der Waals surface area contributed by atoms with Crippen LogP contribution in [0.2, 0.25) is 0 Å². The number of carbonyl (C=O) groups excluding carboxylic acids is 1. The molecular weight excluding hydrogens is 576 g/mol. The van der Waals surface area contributed by atoms with Gasteiger partial charge in [0.25, 0.3) is 0 Å². The fraction of sp³-hybridized carbons (Fsp3) is 0.679. The van der Waals surface area contributed by atoms with Crippen molar-refractivity contribution in [1.29, 1.82) is 0 Å². The fourth-order valence-electron chi connectivity index (χ4n) is 1.45. The van der Waals surface area contributed by atoms with Crippen molar-refractivity contribution in [3.05, 3.63) is 37.5 Å². The van der Waals surface area contributed by atoms with Gasteiger partial charge in [0.1, 0.15) is 6.61 Å². The quantitative estimate of drug-likeness (QED) is 0.0487. The zero-order valence-electron chi connectivity index (χ0n) is 25.8. The Hall–Kier alpha value is -2.73. The number of hydrogen-bond acceptors (Lipinski definition) is 13. The van der Waals surface area contributed by atoms with Gasteiger partial charge in [-0.1, -0.05) is 52.8 Å². The van der Waals surface area contributed by atoms with Crippen LogP contribution in [0.3, 0.4) is 0 Å². The van der Waals surface area contributed by atoms with E-state index in [1.54, 1.807) is 13.8 Å². The molecule has 258 valence electrons. The highest BCUT2D eigenvalue weighted by Crippen LogP contribution is 2.11. The maximum atomic E-state index is 10.6. The predicted molar refractivity (Wildman–Crippen MR) is 159 cm³/mol. The van der Waals surface area contributed by atoms with Crippen molar-refractivity contribution >= 4 is 17.9 Å². The second-order valence-corrected chi connectivity index (χ2v) is 8.69. The third kappa shape index (κ3) is 59.5. The molecular formula is C28H56O15. The molecule has 0 aromatic heterocycles. The van der Waals surface area contributed by atoms with Gasteiger partial charge in [0.05, 0.1) is 37.9 Å². The molecule has 0 radical (unpaired) electrons. The molecule has 0 aromatic rings. The minimum atomic E-state index is -1.11. The lowest BCUT2D eigenvalue weighted by Crippen LogP contribution is -2.37. The van der Waals surface area contributed by atoms with E-state index in [1.807, 2.05) is 6.92 Å². The van der Waals surface area contributed by atoms with Crippen LogP contribution in [0.25, 0.3) is 0 Å². The summed E-state index contributed by atoms with van der Waals surface area (Å²) in [5, 5.41) is 90.8. The highest BCUT2D eigenvalue weighted by atomic mass is 16.5. The topological polar surface area (TPSA) is 283 Å². The molecule has 0 spiro atoms. The summed E-state index contributed by atoms with van der Waals surface area (Å²) < 4.78 is 4.58. The largest absolute Gasteiger partial charge is 0.478 e. The first-order valence-corrected chi connectivity index (χ1v) is 13.2. The number of hydrogen-bond donors (Lipinski definition) is 11. The molecule has 0 saturated carbocycles. The molecule has 15 heteroatoms. The van der Waals surface area contributed by atoms with Gasteiger partial charge in [-0.15, -0.1) is 0 Å². The molecule has 1 unspecified atom stereocenters. The van der Waals surface area contributed by atoms with E-state index in [1.165, 1.54) is 0 Å². The summed E-state index contributed by atoms with van der Waals surface area (Å²) in [5.41, 5.74) is -0.763. The van der Waals surface area contributed by atoms with Gasteiger partial charge in [-0.05, 0) is 33.1 Å². The fourth-order valence-corrected chi connectivity index (χ4v) is 1.45. The second-order valence-electron chi connectivity index (χ2n) is 8.69. The number of aliphatic hydroxyl groups excluding tert-OH is 7. The summed E-state index contributed by atoms with van der Waals surface area (Å²) >= 11 is 0. The summed E-state index contributed by atoms with van der Waals surface area (Å²) in [4.78, 5) is 29.1. The van der Waals surface area contributed by atoms with Crippen molar-refractivity contribution in [2.24, 2.45) is 5.41 Å². The van der Waals surface area contributed by atoms with Crippen LogP contribution in [-0.2, 0) is 19.1 Å². The van der Waals surface area contributed by atoms with Crippen LogP contribution in [0.15, 0.2) is 37.5 Å². The number of carboxylic acid groups (broad SMARTS) is 2. The molecule has 0 heterocycles. The molecule has 11 N–H and O–H groups in total. The maximum Gasteiger partial charge on any atom is 0.333 e. The van der Waals surface area contributed by atoms with E-state index in [9.17, 15) is 14.4 Å². The van der Waals surface area contributed by atoms with Crippen LogP contribution in [0.1, 0.15) is 66.2 Å². The first-order chi connectivity index (χ1) is 19.9. The van der Waals surface area contributed by atoms with E-state index in [0.717, 1.165) is 37.8 Å². The van der Waals surface area contributed by atoms with E-state index in [4.69, 9.17) is 56.2 Å².